The first-order valence-electron chi connectivity index (χ1n) is 0.258. The molecule has 0 radical (unpaired) electrons. The molecule has 0 aromatic rings. The topological polar surface area (TPSA) is 23.8 Å². The second-order valence-corrected chi connectivity index (χ2v) is 0. The monoisotopic (exact) mass is 147 g/mol. The van der Waals surface area contributed by atoms with Crippen LogP contribution in [0.5, 0.6) is 0 Å². The molecule has 0 amide bonds. The van der Waals surface area contributed by atoms with Crippen LogP contribution in [-0.2, 0) is 17.1 Å². The normalized spacial score (nSPS) is 0.400. The number of nitrogens with zero attached hydrogens (tertiary/aromatic N) is 1. The average Bonchev–Trinajstić information content (AvgIpc) is 1.00. The van der Waals surface area contributed by atoms with Crippen molar-refractivity contribution in [1.29, 1.82) is 5.26 Å². The molecule has 1 nitrogen and oxygen atoms in total. The van der Waals surface area contributed by atoms with Crippen LogP contribution >= 0.6 is 0 Å². The van der Waals surface area contributed by atoms with E-state index in [0.717, 1.165) is 0 Å². The minimum absolute atomic E-state index is 0. The van der Waals surface area contributed by atoms with Gasteiger partial charge in [0, 0.05) is 23.6 Å². The van der Waals surface area contributed by atoms with Gasteiger partial charge in [-0.2, -0.15) is 0 Å². The van der Waals surface area contributed by atoms with E-state index in [2.05, 4.69) is 6.57 Å². The maximum atomic E-state index is 6.50. The predicted octanol–water partition coefficient (Wildman–Crippen LogP) is -1.16. The van der Waals surface area contributed by atoms with E-state index in [-0.39, 0.29) is 98.0 Å². The molecular weight excluding hydrogens is 144 g/mol. The van der Waals surface area contributed by atoms with Crippen LogP contribution in [0, 0.1) is 11.8 Å². The Balaban J connectivity index is -0.00000000167. The second-order valence-electron chi connectivity index (χ2n) is 0. The van der Waals surface area contributed by atoms with Crippen molar-refractivity contribution in [2.75, 3.05) is 0 Å². The van der Waals surface area contributed by atoms with Gasteiger partial charge in [0.1, 0.15) is 0 Å². The average molecular weight is 147 g/mol. The van der Waals surface area contributed by atoms with Crippen molar-refractivity contribution in [3.8, 4) is 6.57 Å². The third-order valence-electron chi connectivity index (χ3n) is 0. The van der Waals surface area contributed by atoms with Gasteiger partial charge in [0.25, 0.3) is 0 Å². The van der Waals surface area contributed by atoms with Gasteiger partial charge >= 0.3 is 80.9 Å². The van der Waals surface area contributed by atoms with Gasteiger partial charge in [-0.05, 0) is 0 Å². The van der Waals surface area contributed by atoms with Crippen LogP contribution in [0.25, 0.3) is 0 Å². The zero-order valence-electron chi connectivity index (χ0n) is 1.38. The van der Waals surface area contributed by atoms with Crippen LogP contribution in [-0.4, -0.2) is 80.9 Å². The SMILES string of the molecule is C#N.[Fe].[KH].[NaH]. The fourth-order valence-corrected chi connectivity index (χ4v) is 0. The second kappa shape index (κ2) is 30.3. The molecule has 0 N–H and O–H groups in total. The Kier molecular flexibility index (Phi) is 154. The Morgan fingerprint density at radius 1 is 1.20 bits per heavy atom. The Bertz CT molecular complexity index is 16.4. The summed E-state index contributed by atoms with van der Waals surface area (Å²) >= 11 is 0. The molecule has 4 heteroatoms. The summed E-state index contributed by atoms with van der Waals surface area (Å²) < 4.78 is 0. The van der Waals surface area contributed by atoms with Gasteiger partial charge < -0.3 is 0 Å². The summed E-state index contributed by atoms with van der Waals surface area (Å²) in [5.74, 6) is 0. The molecule has 0 aromatic heterocycles. The minimum atomic E-state index is 0. The van der Waals surface area contributed by atoms with Crippen LogP contribution in [0.15, 0.2) is 0 Å². The van der Waals surface area contributed by atoms with Gasteiger partial charge in [0.05, 0.1) is 0 Å². The molecular formula is CH3FeKNNa. The molecule has 0 atom stereocenters. The van der Waals surface area contributed by atoms with E-state index in [1.165, 1.54) is 0 Å². The van der Waals surface area contributed by atoms with Crippen molar-refractivity contribution in [3.63, 3.8) is 0 Å². The van der Waals surface area contributed by atoms with E-state index >= 15 is 0 Å². The number of hydrogen-bond acceptors (Lipinski definition) is 1. The summed E-state index contributed by atoms with van der Waals surface area (Å²) in [6.07, 6.45) is 0. The molecule has 0 fully saturated rings. The van der Waals surface area contributed by atoms with E-state index in [1.807, 2.05) is 0 Å². The Hall–Kier alpha value is 2.65. The van der Waals surface area contributed by atoms with Gasteiger partial charge in [-0.15, -0.1) is 0 Å². The van der Waals surface area contributed by atoms with Crippen molar-refractivity contribution in [1.82, 2.24) is 0 Å². The molecule has 0 aliphatic rings. The van der Waals surface area contributed by atoms with Crippen LogP contribution in [0.4, 0.5) is 0 Å². The molecule has 0 saturated heterocycles. The summed E-state index contributed by atoms with van der Waals surface area (Å²) in [6.45, 7) is 3.50. The van der Waals surface area contributed by atoms with Crippen LogP contribution in [0.1, 0.15) is 0 Å². The summed E-state index contributed by atoms with van der Waals surface area (Å²) in [5, 5.41) is 6.50. The van der Waals surface area contributed by atoms with Gasteiger partial charge in [-0.25, -0.2) is 5.26 Å². The molecule has 0 heterocycles. The molecule has 0 bridgehead atoms. The first-order chi connectivity index (χ1) is 1.00. The first kappa shape index (κ1) is 25.4. The van der Waals surface area contributed by atoms with Gasteiger partial charge in [-0.3, -0.25) is 0 Å². The van der Waals surface area contributed by atoms with Crippen molar-refractivity contribution in [2.45, 2.75) is 0 Å². The standard InChI is InChI=1S/CHN.Fe.K.Na.2H/c1-2;;;;;/h1H;;;;;. The number of nitriles is 1. The molecule has 0 aromatic carbocycles. The fraction of sp³-hybridized carbons (Fsp3) is 0. The van der Waals surface area contributed by atoms with Crippen molar-refractivity contribution in [3.05, 3.63) is 0 Å². The maximum absolute atomic E-state index is 6.50. The van der Waals surface area contributed by atoms with Crippen molar-refractivity contribution in [2.24, 2.45) is 0 Å². The molecule has 0 unspecified atom stereocenters. The zero-order valence-corrected chi connectivity index (χ0v) is 2.48. The quantitative estimate of drug-likeness (QED) is 0.396. The number of rotatable bonds is 0. The summed E-state index contributed by atoms with van der Waals surface area (Å²) in [5.41, 5.74) is 0. The van der Waals surface area contributed by atoms with Crippen molar-refractivity contribution < 1.29 is 17.1 Å². The molecule has 0 saturated carbocycles. The zero-order chi connectivity index (χ0) is 2.00. The Morgan fingerprint density at radius 2 is 1.20 bits per heavy atom. The van der Waals surface area contributed by atoms with Gasteiger partial charge in [0.15, 0.2) is 0 Å². The summed E-state index contributed by atoms with van der Waals surface area (Å²) in [6, 6.07) is 0. The summed E-state index contributed by atoms with van der Waals surface area (Å²) in [4.78, 5) is 0. The van der Waals surface area contributed by atoms with Crippen LogP contribution in [0.2, 0.25) is 0 Å². The molecule has 5 heavy (non-hydrogen) atoms. The van der Waals surface area contributed by atoms with Crippen molar-refractivity contribution >= 4 is 80.9 Å². The summed E-state index contributed by atoms with van der Waals surface area (Å²) in [7, 11) is 0. The van der Waals surface area contributed by atoms with E-state index in [4.69, 9.17) is 5.26 Å². The molecule has 22 valence electrons. The Labute approximate surface area is 107 Å². The van der Waals surface area contributed by atoms with Crippen LogP contribution < -0.4 is 0 Å². The fourth-order valence-electron chi connectivity index (χ4n) is 0. The van der Waals surface area contributed by atoms with Gasteiger partial charge in [0.2, 0.25) is 0 Å². The van der Waals surface area contributed by atoms with Crippen LogP contribution in [0.3, 0.4) is 0 Å². The van der Waals surface area contributed by atoms with E-state index in [0.29, 0.717) is 0 Å². The van der Waals surface area contributed by atoms with E-state index in [1.54, 1.807) is 0 Å². The predicted molar refractivity (Wildman–Crippen MR) is 21.0 cm³/mol. The molecule has 0 rings (SSSR count). The number of hydrogen-bond donors (Lipinski definition) is 0. The van der Waals surface area contributed by atoms with E-state index in [9.17, 15) is 0 Å². The molecule has 0 aliphatic carbocycles. The Morgan fingerprint density at radius 3 is 1.20 bits per heavy atom. The van der Waals surface area contributed by atoms with Gasteiger partial charge in [-0.1, -0.05) is 0 Å². The first-order valence-corrected chi connectivity index (χ1v) is 0.258. The molecule has 0 aliphatic heterocycles. The van der Waals surface area contributed by atoms with E-state index < -0.39 is 0 Å². The third kappa shape index (κ3) is 20.5. The molecule has 0 spiro atoms. The third-order valence-corrected chi connectivity index (χ3v) is 0.